The predicted molar refractivity (Wildman–Crippen MR) is 105 cm³/mol. The van der Waals surface area contributed by atoms with E-state index in [0.717, 1.165) is 25.7 Å². The van der Waals surface area contributed by atoms with Gasteiger partial charge in [-0.25, -0.2) is 0 Å². The number of rotatable bonds is 3. The largest absolute Gasteiger partial charge is 0.409 e. The monoisotopic (exact) mass is 338 g/mol. The van der Waals surface area contributed by atoms with E-state index in [1.807, 2.05) is 0 Å². The summed E-state index contributed by atoms with van der Waals surface area (Å²) in [7, 11) is -1.61. The highest BCUT2D eigenvalue weighted by Gasteiger charge is 2.30. The molecule has 128 valence electrons. The Labute approximate surface area is 148 Å². The second kappa shape index (κ2) is 6.49. The van der Waals surface area contributed by atoms with Gasteiger partial charge in [-0.05, 0) is 87.0 Å². The molecule has 4 aliphatic rings. The van der Waals surface area contributed by atoms with Gasteiger partial charge in [-0.1, -0.05) is 42.5 Å². The van der Waals surface area contributed by atoms with Crippen LogP contribution in [0.2, 0.25) is 19.6 Å². The summed E-state index contributed by atoms with van der Waals surface area (Å²) in [6.45, 7) is 11.3. The molecular formula is C22H30OSi. The van der Waals surface area contributed by atoms with Gasteiger partial charge in [0.1, 0.15) is 0 Å². The number of hydrogen-bond acceptors (Lipinski definition) is 1. The summed E-state index contributed by atoms with van der Waals surface area (Å²) < 4.78 is 6.57. The lowest BCUT2D eigenvalue weighted by molar-refractivity contribution is 0.0989. The Bertz CT molecular complexity index is 708. The van der Waals surface area contributed by atoms with Crippen LogP contribution in [0, 0.1) is 0 Å². The summed E-state index contributed by atoms with van der Waals surface area (Å²) in [4.78, 5) is 0. The molecule has 0 N–H and O–H groups in total. The summed E-state index contributed by atoms with van der Waals surface area (Å²) in [6, 6.07) is 16.2. The fraction of sp³-hybridized carbons (Fsp3) is 0.455. The highest BCUT2D eigenvalue weighted by Crippen LogP contribution is 2.33. The molecular weight excluding hydrogens is 308 g/mol. The van der Waals surface area contributed by atoms with Crippen LogP contribution in [0.4, 0.5) is 0 Å². The smallest absolute Gasteiger partial charge is 0.184 e. The summed E-state index contributed by atoms with van der Waals surface area (Å²) in [5, 5.41) is 0. The third kappa shape index (κ3) is 4.17. The summed E-state index contributed by atoms with van der Waals surface area (Å²) in [6.07, 6.45) is 4.37. The van der Waals surface area contributed by atoms with Crippen molar-refractivity contribution in [1.82, 2.24) is 0 Å². The van der Waals surface area contributed by atoms with Crippen LogP contribution in [0.15, 0.2) is 42.5 Å². The second-order valence-corrected chi connectivity index (χ2v) is 13.0. The molecule has 0 fully saturated rings. The Balaban J connectivity index is 1.99. The molecule has 24 heavy (non-hydrogen) atoms. The highest BCUT2D eigenvalue weighted by molar-refractivity contribution is 6.69. The quantitative estimate of drug-likeness (QED) is 0.656. The number of benzene rings is 2. The van der Waals surface area contributed by atoms with Crippen molar-refractivity contribution in [2.45, 2.75) is 64.8 Å². The first-order chi connectivity index (χ1) is 11.2. The molecule has 4 bridgehead atoms. The first-order valence-corrected chi connectivity index (χ1v) is 12.5. The zero-order chi connectivity index (χ0) is 17.4. The van der Waals surface area contributed by atoms with Crippen molar-refractivity contribution >= 4 is 8.32 Å². The van der Waals surface area contributed by atoms with Gasteiger partial charge in [0.05, 0.1) is 5.60 Å². The minimum Gasteiger partial charge on any atom is -0.409 e. The zero-order valence-electron chi connectivity index (χ0n) is 15.8. The first-order valence-electron chi connectivity index (χ1n) is 9.13. The lowest BCUT2D eigenvalue weighted by atomic mass is 9.87. The standard InChI is InChI=1S/C22H30OSi/c1-22(2,23-24(3,4)5)21-16-19-11-10-17-6-8-18(9-7-17)12-14-20(21)15-13-19/h6-9,13,15-16H,10-12,14H2,1-5H3. The molecule has 1 nitrogen and oxygen atoms in total. The van der Waals surface area contributed by atoms with Gasteiger partial charge in [-0.15, -0.1) is 0 Å². The SMILES string of the molecule is CC(C)(O[Si](C)(C)C)c1cc2ccc1CCc1ccc(cc1)CC2. The minimum atomic E-state index is -1.61. The van der Waals surface area contributed by atoms with Crippen molar-refractivity contribution in [2.24, 2.45) is 0 Å². The molecule has 0 radical (unpaired) electrons. The molecule has 0 unspecified atom stereocenters. The van der Waals surface area contributed by atoms with Crippen molar-refractivity contribution in [1.29, 1.82) is 0 Å². The fourth-order valence-corrected chi connectivity index (χ4v) is 5.46. The molecule has 0 heterocycles. The fourth-order valence-electron chi connectivity index (χ4n) is 3.82. The van der Waals surface area contributed by atoms with E-state index in [-0.39, 0.29) is 5.60 Å². The molecule has 0 saturated heterocycles. The molecule has 0 spiro atoms. The van der Waals surface area contributed by atoms with Gasteiger partial charge in [0.25, 0.3) is 0 Å². The molecule has 0 aromatic heterocycles. The van der Waals surface area contributed by atoms with E-state index in [1.165, 1.54) is 27.8 Å². The Hall–Kier alpha value is -1.38. The van der Waals surface area contributed by atoms with Crippen LogP contribution in [0.1, 0.15) is 41.7 Å². The molecule has 0 saturated carbocycles. The van der Waals surface area contributed by atoms with Crippen LogP contribution in [0.5, 0.6) is 0 Å². The first kappa shape index (κ1) is 17.4. The maximum atomic E-state index is 6.57. The molecule has 0 amide bonds. The van der Waals surface area contributed by atoms with Gasteiger partial charge in [-0.2, -0.15) is 0 Å². The van der Waals surface area contributed by atoms with Crippen LogP contribution in [0.3, 0.4) is 0 Å². The Morgan fingerprint density at radius 2 is 1.25 bits per heavy atom. The van der Waals surface area contributed by atoms with Crippen LogP contribution < -0.4 is 0 Å². The van der Waals surface area contributed by atoms with Gasteiger partial charge >= 0.3 is 0 Å². The Morgan fingerprint density at radius 1 is 0.750 bits per heavy atom. The number of hydrogen-bond donors (Lipinski definition) is 0. The van der Waals surface area contributed by atoms with Crippen LogP contribution in [0.25, 0.3) is 0 Å². The van der Waals surface area contributed by atoms with E-state index in [9.17, 15) is 0 Å². The van der Waals surface area contributed by atoms with E-state index in [4.69, 9.17) is 4.43 Å². The van der Waals surface area contributed by atoms with Crippen molar-refractivity contribution in [3.8, 4) is 0 Å². The van der Waals surface area contributed by atoms with E-state index in [0.29, 0.717) is 0 Å². The third-order valence-corrected chi connectivity index (χ3v) is 5.92. The maximum Gasteiger partial charge on any atom is 0.184 e. The molecule has 0 atom stereocenters. The highest BCUT2D eigenvalue weighted by atomic mass is 28.4. The van der Waals surface area contributed by atoms with Crippen LogP contribution in [-0.2, 0) is 35.7 Å². The average molecular weight is 339 g/mol. The van der Waals surface area contributed by atoms with Gasteiger partial charge in [0, 0.05) is 0 Å². The molecule has 6 rings (SSSR count). The van der Waals surface area contributed by atoms with Gasteiger partial charge in [0.2, 0.25) is 0 Å². The normalized spacial score (nSPS) is 15.2. The van der Waals surface area contributed by atoms with Gasteiger partial charge in [0.15, 0.2) is 8.32 Å². The lowest BCUT2D eigenvalue weighted by Gasteiger charge is -2.35. The molecule has 2 aromatic carbocycles. The lowest BCUT2D eigenvalue weighted by Crippen LogP contribution is -2.37. The zero-order valence-corrected chi connectivity index (χ0v) is 16.8. The van der Waals surface area contributed by atoms with Gasteiger partial charge in [-0.3, -0.25) is 0 Å². The molecule has 2 heteroatoms. The van der Waals surface area contributed by atoms with Crippen LogP contribution in [-0.4, -0.2) is 8.32 Å². The van der Waals surface area contributed by atoms with Crippen molar-refractivity contribution in [3.63, 3.8) is 0 Å². The van der Waals surface area contributed by atoms with Gasteiger partial charge < -0.3 is 4.43 Å². The molecule has 4 aliphatic carbocycles. The second-order valence-electron chi connectivity index (χ2n) is 8.53. The predicted octanol–water partition coefficient (Wildman–Crippen LogP) is 5.66. The van der Waals surface area contributed by atoms with Crippen molar-refractivity contribution in [3.05, 3.63) is 70.3 Å². The van der Waals surface area contributed by atoms with Crippen molar-refractivity contribution < 1.29 is 4.43 Å². The maximum absolute atomic E-state index is 6.57. The summed E-state index contributed by atoms with van der Waals surface area (Å²) in [5.74, 6) is 0. The average Bonchev–Trinajstić information content (AvgIpc) is 2.47. The van der Waals surface area contributed by atoms with E-state index in [1.54, 1.807) is 0 Å². The summed E-state index contributed by atoms with van der Waals surface area (Å²) >= 11 is 0. The molecule has 0 aliphatic heterocycles. The Kier molecular flexibility index (Phi) is 4.72. The minimum absolute atomic E-state index is 0.220. The molecule has 2 aromatic rings. The number of aryl methyl sites for hydroxylation is 4. The topological polar surface area (TPSA) is 9.23 Å². The van der Waals surface area contributed by atoms with Crippen molar-refractivity contribution in [2.75, 3.05) is 0 Å². The van der Waals surface area contributed by atoms with E-state index in [2.05, 4.69) is 76.0 Å². The van der Waals surface area contributed by atoms with Crippen LogP contribution >= 0.6 is 0 Å². The Morgan fingerprint density at radius 3 is 1.83 bits per heavy atom. The summed E-state index contributed by atoms with van der Waals surface area (Å²) in [5.41, 5.74) is 6.89. The third-order valence-electron chi connectivity index (χ3n) is 4.79. The van der Waals surface area contributed by atoms with E-state index >= 15 is 0 Å². The van der Waals surface area contributed by atoms with E-state index < -0.39 is 8.32 Å².